The van der Waals surface area contributed by atoms with Crippen LogP contribution in [-0.4, -0.2) is 24.6 Å². The van der Waals surface area contributed by atoms with Gasteiger partial charge in [-0.15, -0.1) is 0 Å². The van der Waals surface area contributed by atoms with Crippen LogP contribution in [0.2, 0.25) is 0 Å². The summed E-state index contributed by atoms with van der Waals surface area (Å²) < 4.78 is 4.75. The van der Waals surface area contributed by atoms with Crippen LogP contribution in [0.1, 0.15) is 26.2 Å². The molecule has 0 amide bonds. The van der Waals surface area contributed by atoms with E-state index in [1.54, 1.807) is 6.92 Å². The van der Waals surface area contributed by atoms with Crippen molar-refractivity contribution in [3.8, 4) is 0 Å². The van der Waals surface area contributed by atoms with Gasteiger partial charge in [-0.05, 0) is 19.3 Å². The molecule has 0 bridgehead atoms. The van der Waals surface area contributed by atoms with E-state index in [4.69, 9.17) is 4.74 Å². The molecule has 84 valence electrons. The average Bonchev–Trinajstić information content (AvgIpc) is 2.26. The van der Waals surface area contributed by atoms with Gasteiger partial charge in [-0.3, -0.25) is 9.59 Å². The Morgan fingerprint density at radius 2 is 2.07 bits per heavy atom. The van der Waals surface area contributed by atoms with E-state index in [-0.39, 0.29) is 11.7 Å². The highest BCUT2D eigenvalue weighted by Crippen LogP contribution is 2.08. The molecule has 0 aromatic rings. The number of carbonyl (C=O) groups is 3. The number of hydrogen-bond acceptors (Lipinski definition) is 4. The molecule has 4 nitrogen and oxygen atoms in total. The van der Waals surface area contributed by atoms with Crippen LogP contribution in [0.5, 0.6) is 0 Å². The monoisotopic (exact) mass is 212 g/mol. The Morgan fingerprint density at radius 1 is 1.40 bits per heavy atom. The number of ether oxygens (including phenoxy) is 1. The normalized spacial score (nSPS) is 11.5. The molecular weight excluding hydrogens is 196 g/mol. The standard InChI is InChI=1S/C11H16O4/c1-3-11(14)15-7-5-4-6-9(2)10(13)8-12/h3,8-9H,1,4-7H2,2H3. The minimum Gasteiger partial charge on any atom is -0.463 e. The lowest BCUT2D eigenvalue weighted by atomic mass is 10.0. The van der Waals surface area contributed by atoms with Crippen LogP contribution in [0, 0.1) is 5.92 Å². The number of esters is 1. The Labute approximate surface area is 89.3 Å². The van der Waals surface area contributed by atoms with E-state index in [9.17, 15) is 14.4 Å². The zero-order chi connectivity index (χ0) is 11.7. The molecular formula is C11H16O4. The molecule has 0 aromatic carbocycles. The molecule has 0 aliphatic carbocycles. The van der Waals surface area contributed by atoms with E-state index in [2.05, 4.69) is 6.58 Å². The Hall–Kier alpha value is -1.45. The second-order valence-corrected chi connectivity index (χ2v) is 3.29. The maximum atomic E-state index is 10.9. The van der Waals surface area contributed by atoms with Crippen LogP contribution in [0.25, 0.3) is 0 Å². The van der Waals surface area contributed by atoms with Crippen LogP contribution in [0.3, 0.4) is 0 Å². The lowest BCUT2D eigenvalue weighted by Gasteiger charge is -2.05. The third-order valence-electron chi connectivity index (χ3n) is 2.04. The smallest absolute Gasteiger partial charge is 0.330 e. The molecule has 1 atom stereocenters. The zero-order valence-electron chi connectivity index (χ0n) is 8.90. The van der Waals surface area contributed by atoms with Gasteiger partial charge in [-0.25, -0.2) is 4.79 Å². The van der Waals surface area contributed by atoms with Crippen molar-refractivity contribution in [1.82, 2.24) is 0 Å². The van der Waals surface area contributed by atoms with Crippen molar-refractivity contribution in [3.05, 3.63) is 12.7 Å². The quantitative estimate of drug-likeness (QED) is 0.200. The summed E-state index contributed by atoms with van der Waals surface area (Å²) in [6, 6.07) is 0. The number of carbonyl (C=O) groups excluding carboxylic acids is 3. The average molecular weight is 212 g/mol. The summed E-state index contributed by atoms with van der Waals surface area (Å²) in [6.07, 6.45) is 3.55. The van der Waals surface area contributed by atoms with E-state index in [0.717, 1.165) is 12.5 Å². The fourth-order valence-electron chi connectivity index (χ4n) is 1.04. The van der Waals surface area contributed by atoms with E-state index in [0.29, 0.717) is 25.7 Å². The van der Waals surface area contributed by atoms with E-state index in [1.165, 1.54) is 0 Å². The van der Waals surface area contributed by atoms with Crippen molar-refractivity contribution in [2.24, 2.45) is 5.92 Å². The van der Waals surface area contributed by atoms with Gasteiger partial charge in [0.15, 0.2) is 12.1 Å². The number of rotatable bonds is 8. The summed E-state index contributed by atoms with van der Waals surface area (Å²) in [6.45, 7) is 5.30. The lowest BCUT2D eigenvalue weighted by molar-refractivity contribution is -0.138. The maximum absolute atomic E-state index is 10.9. The van der Waals surface area contributed by atoms with Gasteiger partial charge in [0, 0.05) is 12.0 Å². The van der Waals surface area contributed by atoms with E-state index >= 15 is 0 Å². The molecule has 0 aromatic heterocycles. The topological polar surface area (TPSA) is 60.4 Å². The van der Waals surface area contributed by atoms with Crippen molar-refractivity contribution >= 4 is 18.0 Å². The fourth-order valence-corrected chi connectivity index (χ4v) is 1.04. The Bertz CT molecular complexity index is 245. The first kappa shape index (κ1) is 13.5. The summed E-state index contributed by atoms with van der Waals surface area (Å²) in [7, 11) is 0. The highest BCUT2D eigenvalue weighted by molar-refractivity contribution is 6.25. The Balaban J connectivity index is 3.46. The van der Waals surface area contributed by atoms with Gasteiger partial charge in [-0.2, -0.15) is 0 Å². The van der Waals surface area contributed by atoms with Gasteiger partial charge >= 0.3 is 5.97 Å². The van der Waals surface area contributed by atoms with Crippen molar-refractivity contribution in [1.29, 1.82) is 0 Å². The molecule has 1 unspecified atom stereocenters. The number of ketones is 1. The summed E-state index contributed by atoms with van der Waals surface area (Å²) in [4.78, 5) is 31.6. The lowest BCUT2D eigenvalue weighted by Crippen LogP contribution is -2.12. The van der Waals surface area contributed by atoms with Gasteiger partial charge in [0.25, 0.3) is 0 Å². The van der Waals surface area contributed by atoms with Gasteiger partial charge in [0.2, 0.25) is 0 Å². The van der Waals surface area contributed by atoms with Crippen molar-refractivity contribution in [2.45, 2.75) is 26.2 Å². The molecule has 0 saturated heterocycles. The van der Waals surface area contributed by atoms with Crippen LogP contribution in [0.15, 0.2) is 12.7 Å². The molecule has 0 rings (SSSR count). The number of aldehydes is 1. The minimum atomic E-state index is -0.438. The second-order valence-electron chi connectivity index (χ2n) is 3.29. The molecule has 15 heavy (non-hydrogen) atoms. The first-order valence-electron chi connectivity index (χ1n) is 4.90. The Morgan fingerprint density at radius 3 is 2.60 bits per heavy atom. The van der Waals surface area contributed by atoms with Crippen molar-refractivity contribution in [2.75, 3.05) is 6.61 Å². The summed E-state index contributed by atoms with van der Waals surface area (Å²) >= 11 is 0. The second kappa shape index (κ2) is 7.91. The Kier molecular flexibility index (Phi) is 7.14. The van der Waals surface area contributed by atoms with E-state index in [1.807, 2.05) is 0 Å². The van der Waals surface area contributed by atoms with Crippen LogP contribution in [-0.2, 0) is 19.1 Å². The molecule has 4 heteroatoms. The summed E-state index contributed by atoms with van der Waals surface area (Å²) in [5.74, 6) is -1.05. The summed E-state index contributed by atoms with van der Waals surface area (Å²) in [5, 5.41) is 0. The summed E-state index contributed by atoms with van der Waals surface area (Å²) in [5.41, 5.74) is 0. The number of Topliss-reactive ketones (excluding diaryl/α,β-unsaturated/α-hetero) is 1. The van der Waals surface area contributed by atoms with Crippen LogP contribution < -0.4 is 0 Å². The minimum absolute atomic E-state index is 0.238. The van der Waals surface area contributed by atoms with Crippen LogP contribution >= 0.6 is 0 Å². The van der Waals surface area contributed by atoms with Gasteiger partial charge in [0.1, 0.15) is 0 Å². The highest BCUT2D eigenvalue weighted by Gasteiger charge is 2.10. The third kappa shape index (κ3) is 6.60. The number of unbranched alkanes of at least 4 members (excludes halogenated alkanes) is 1. The van der Waals surface area contributed by atoms with E-state index < -0.39 is 5.97 Å². The van der Waals surface area contributed by atoms with Gasteiger partial charge < -0.3 is 4.74 Å². The molecule has 0 fully saturated rings. The molecule has 0 radical (unpaired) electrons. The predicted octanol–water partition coefficient (Wildman–Crippen LogP) is 1.29. The highest BCUT2D eigenvalue weighted by atomic mass is 16.5. The molecule has 0 saturated carbocycles. The zero-order valence-corrected chi connectivity index (χ0v) is 8.90. The van der Waals surface area contributed by atoms with Crippen molar-refractivity contribution in [3.63, 3.8) is 0 Å². The number of hydrogen-bond donors (Lipinski definition) is 0. The van der Waals surface area contributed by atoms with Crippen LogP contribution in [0.4, 0.5) is 0 Å². The third-order valence-corrected chi connectivity index (χ3v) is 2.04. The molecule has 0 N–H and O–H groups in total. The molecule has 0 aliphatic heterocycles. The molecule has 0 aliphatic rings. The SMILES string of the molecule is C=CC(=O)OCCCCC(C)C(=O)C=O. The van der Waals surface area contributed by atoms with Gasteiger partial charge in [-0.1, -0.05) is 13.5 Å². The molecule has 0 spiro atoms. The fraction of sp³-hybridized carbons (Fsp3) is 0.545. The maximum Gasteiger partial charge on any atom is 0.330 e. The largest absolute Gasteiger partial charge is 0.463 e. The molecule has 0 heterocycles. The van der Waals surface area contributed by atoms with Gasteiger partial charge in [0.05, 0.1) is 6.61 Å². The first-order chi connectivity index (χ1) is 7.11. The van der Waals surface area contributed by atoms with Crippen molar-refractivity contribution < 1.29 is 19.1 Å². The first-order valence-corrected chi connectivity index (χ1v) is 4.90. The predicted molar refractivity (Wildman–Crippen MR) is 55.2 cm³/mol.